The molecule has 0 saturated heterocycles. The fourth-order valence-corrected chi connectivity index (χ4v) is 3.71. The summed E-state index contributed by atoms with van der Waals surface area (Å²) in [7, 11) is 0. The van der Waals surface area contributed by atoms with Gasteiger partial charge in [0.05, 0.1) is 28.7 Å². The number of aromatic nitrogens is 4. The van der Waals surface area contributed by atoms with Crippen LogP contribution in [0.25, 0.3) is 22.3 Å². The number of fused-ring (bicyclic) bond motifs is 1. The standard InChI is InChI=1S/C13H7I2N4P/c1-2-8-5-12-11(16-6-8)4-3-10(17-12)9-7-19(20-15)18-13(9)14/h1,3-7,20H. The third-order valence-electron chi connectivity index (χ3n) is 2.74. The van der Waals surface area contributed by atoms with Crippen molar-refractivity contribution in [2.75, 3.05) is 0 Å². The van der Waals surface area contributed by atoms with Crippen LogP contribution in [0.2, 0.25) is 0 Å². The fraction of sp³-hybridized carbons (Fsp3) is 0. The van der Waals surface area contributed by atoms with Crippen LogP contribution in [0.3, 0.4) is 0 Å². The van der Waals surface area contributed by atoms with E-state index in [0.29, 0.717) is 6.37 Å². The molecule has 3 rings (SSSR count). The molecule has 0 saturated carbocycles. The summed E-state index contributed by atoms with van der Waals surface area (Å²) in [5, 5.41) is 4.44. The van der Waals surface area contributed by atoms with Crippen LogP contribution in [0.4, 0.5) is 0 Å². The van der Waals surface area contributed by atoms with Gasteiger partial charge in [-0.2, -0.15) is 5.10 Å². The molecule has 3 heterocycles. The van der Waals surface area contributed by atoms with Crippen molar-refractivity contribution in [3.63, 3.8) is 0 Å². The Morgan fingerprint density at radius 1 is 1.30 bits per heavy atom. The maximum atomic E-state index is 5.40. The van der Waals surface area contributed by atoms with E-state index in [4.69, 9.17) is 6.42 Å². The second-order valence-corrected chi connectivity index (χ2v) is 7.06. The lowest BCUT2D eigenvalue weighted by Crippen LogP contribution is -1.89. The lowest BCUT2D eigenvalue weighted by Gasteiger charge is -2.01. The molecule has 0 bridgehead atoms. The lowest BCUT2D eigenvalue weighted by atomic mass is 10.2. The highest BCUT2D eigenvalue weighted by atomic mass is 127. The first-order chi connectivity index (χ1) is 9.71. The molecule has 4 nitrogen and oxygen atoms in total. The minimum atomic E-state index is 0.575. The molecular formula is C13H7I2N4P. The van der Waals surface area contributed by atoms with Crippen molar-refractivity contribution >= 4 is 62.0 Å². The highest BCUT2D eigenvalue weighted by Gasteiger charge is 2.10. The van der Waals surface area contributed by atoms with E-state index >= 15 is 0 Å². The van der Waals surface area contributed by atoms with Crippen LogP contribution in [-0.4, -0.2) is 19.5 Å². The Hall–Kier alpha value is -0.780. The Kier molecular flexibility index (Phi) is 4.19. The minimum Gasteiger partial charge on any atom is -0.253 e. The van der Waals surface area contributed by atoms with Gasteiger partial charge in [-0.15, -0.1) is 6.42 Å². The zero-order valence-electron chi connectivity index (χ0n) is 10.0. The summed E-state index contributed by atoms with van der Waals surface area (Å²) in [5.41, 5.74) is 4.30. The molecule has 7 heteroatoms. The minimum absolute atomic E-state index is 0.575. The summed E-state index contributed by atoms with van der Waals surface area (Å²) in [5.74, 6) is 2.58. The number of nitrogens with zero attached hydrogens (tertiary/aromatic N) is 4. The molecular weight excluding hydrogens is 497 g/mol. The summed E-state index contributed by atoms with van der Waals surface area (Å²) < 4.78 is 2.86. The van der Waals surface area contributed by atoms with Gasteiger partial charge in [0.2, 0.25) is 0 Å². The van der Waals surface area contributed by atoms with Gasteiger partial charge in [-0.1, -0.05) is 5.92 Å². The molecule has 0 aliphatic carbocycles. The molecule has 0 amide bonds. The average molecular weight is 504 g/mol. The number of hydrogen-bond donors (Lipinski definition) is 0. The summed E-state index contributed by atoms with van der Waals surface area (Å²) in [4.78, 5) is 8.95. The van der Waals surface area contributed by atoms with Gasteiger partial charge in [0.25, 0.3) is 0 Å². The van der Waals surface area contributed by atoms with Crippen LogP contribution in [0.15, 0.2) is 30.6 Å². The van der Waals surface area contributed by atoms with Gasteiger partial charge in [0, 0.05) is 18.0 Å². The summed E-state index contributed by atoms with van der Waals surface area (Å²) in [6, 6.07) is 5.80. The number of pyridine rings is 2. The maximum Gasteiger partial charge on any atom is 0.133 e. The van der Waals surface area contributed by atoms with Gasteiger partial charge in [0.1, 0.15) is 3.70 Å². The van der Waals surface area contributed by atoms with E-state index in [1.54, 1.807) is 6.20 Å². The smallest absolute Gasteiger partial charge is 0.133 e. The predicted octanol–water partition coefficient (Wildman–Crippen LogP) is 3.87. The Morgan fingerprint density at radius 2 is 2.15 bits per heavy atom. The van der Waals surface area contributed by atoms with Gasteiger partial charge >= 0.3 is 0 Å². The van der Waals surface area contributed by atoms with Crippen molar-refractivity contribution < 1.29 is 0 Å². The van der Waals surface area contributed by atoms with Crippen molar-refractivity contribution in [1.82, 2.24) is 19.5 Å². The topological polar surface area (TPSA) is 43.6 Å². The van der Waals surface area contributed by atoms with Gasteiger partial charge in [0.15, 0.2) is 0 Å². The van der Waals surface area contributed by atoms with Crippen LogP contribution < -0.4 is 0 Å². The second kappa shape index (κ2) is 5.92. The summed E-state index contributed by atoms with van der Waals surface area (Å²) in [6.45, 7) is 0. The molecule has 3 aromatic rings. The van der Waals surface area contributed by atoms with E-state index in [-0.39, 0.29) is 0 Å². The van der Waals surface area contributed by atoms with E-state index in [9.17, 15) is 0 Å². The first-order valence-electron chi connectivity index (χ1n) is 5.57. The van der Waals surface area contributed by atoms with Crippen LogP contribution in [0.5, 0.6) is 0 Å². The molecule has 0 spiro atoms. The average Bonchev–Trinajstić information content (AvgIpc) is 2.87. The zero-order valence-corrected chi connectivity index (χ0v) is 15.3. The summed E-state index contributed by atoms with van der Waals surface area (Å²) >= 11 is 4.53. The Labute approximate surface area is 144 Å². The van der Waals surface area contributed by atoms with E-state index in [1.165, 1.54) is 0 Å². The van der Waals surface area contributed by atoms with Crippen molar-refractivity contribution in [2.24, 2.45) is 0 Å². The molecule has 1 atom stereocenters. The van der Waals surface area contributed by atoms with Crippen LogP contribution >= 0.6 is 51.0 Å². The second-order valence-electron chi connectivity index (χ2n) is 3.97. The largest absolute Gasteiger partial charge is 0.253 e. The van der Waals surface area contributed by atoms with E-state index in [1.807, 2.05) is 28.8 Å². The molecule has 98 valence electrons. The molecule has 0 aliphatic heterocycles. The molecule has 20 heavy (non-hydrogen) atoms. The first kappa shape index (κ1) is 14.2. The SMILES string of the molecule is C#Cc1cnc2ccc(-c3cn(PI)nc3I)nc2c1. The third kappa shape index (κ3) is 2.67. The van der Waals surface area contributed by atoms with Gasteiger partial charge in [-0.05, 0) is 62.8 Å². The number of halogens is 2. The van der Waals surface area contributed by atoms with Crippen molar-refractivity contribution in [1.29, 1.82) is 0 Å². The molecule has 0 radical (unpaired) electrons. The molecule has 0 aromatic carbocycles. The molecule has 0 fully saturated rings. The number of hydrogen-bond acceptors (Lipinski definition) is 3. The van der Waals surface area contributed by atoms with Crippen molar-refractivity contribution in [2.45, 2.75) is 0 Å². The highest BCUT2D eigenvalue weighted by Crippen LogP contribution is 2.30. The quantitative estimate of drug-likeness (QED) is 0.303. The third-order valence-corrected chi connectivity index (χ3v) is 5.42. The Morgan fingerprint density at radius 3 is 2.85 bits per heavy atom. The molecule has 1 unspecified atom stereocenters. The van der Waals surface area contributed by atoms with Crippen molar-refractivity contribution in [3.05, 3.63) is 39.9 Å². The first-order valence-corrected chi connectivity index (χ1v) is 10.7. The Balaban J connectivity index is 2.16. The maximum absolute atomic E-state index is 5.40. The number of terminal acetylenes is 1. The lowest BCUT2D eigenvalue weighted by molar-refractivity contribution is 0.993. The Bertz CT molecular complexity index is 838. The van der Waals surface area contributed by atoms with Crippen LogP contribution in [0.1, 0.15) is 5.56 Å². The fourth-order valence-electron chi connectivity index (χ4n) is 1.80. The van der Waals surface area contributed by atoms with Crippen LogP contribution in [-0.2, 0) is 0 Å². The van der Waals surface area contributed by atoms with E-state index in [2.05, 4.69) is 65.6 Å². The van der Waals surface area contributed by atoms with Gasteiger partial charge in [-0.25, -0.2) is 9.44 Å². The molecule has 3 aromatic heterocycles. The van der Waals surface area contributed by atoms with E-state index < -0.39 is 0 Å². The van der Waals surface area contributed by atoms with Gasteiger partial charge < -0.3 is 0 Å². The molecule has 0 aliphatic rings. The molecule has 0 N–H and O–H groups in total. The normalized spacial score (nSPS) is 11.2. The van der Waals surface area contributed by atoms with Crippen LogP contribution in [0, 0.1) is 16.0 Å². The monoisotopic (exact) mass is 504 g/mol. The van der Waals surface area contributed by atoms with Crippen molar-refractivity contribution in [3.8, 4) is 23.6 Å². The number of rotatable bonds is 2. The highest BCUT2D eigenvalue weighted by molar-refractivity contribution is 14.2. The van der Waals surface area contributed by atoms with Gasteiger partial charge in [-0.3, -0.25) is 4.98 Å². The zero-order chi connectivity index (χ0) is 14.1. The van der Waals surface area contributed by atoms with E-state index in [0.717, 1.165) is 31.6 Å². The predicted molar refractivity (Wildman–Crippen MR) is 99.1 cm³/mol. The summed E-state index contributed by atoms with van der Waals surface area (Å²) in [6.07, 6.45) is 9.68.